The molecule has 1 aromatic rings. The average Bonchev–Trinajstić information content (AvgIpc) is 2.40. The molecule has 0 radical (unpaired) electrons. The second kappa shape index (κ2) is 7.81. The van der Waals surface area contributed by atoms with Crippen molar-refractivity contribution in [1.29, 1.82) is 0 Å². The topological polar surface area (TPSA) is 30.5 Å². The summed E-state index contributed by atoms with van der Waals surface area (Å²) in [7, 11) is 1.54. The predicted molar refractivity (Wildman–Crippen MR) is 72.2 cm³/mol. The Kier molecular flexibility index (Phi) is 6.39. The first kappa shape index (κ1) is 15.5. The van der Waals surface area contributed by atoms with Gasteiger partial charge in [-0.05, 0) is 18.1 Å². The van der Waals surface area contributed by atoms with Crippen molar-refractivity contribution in [2.24, 2.45) is 5.92 Å². The number of anilines is 1. The number of hydrogen-bond acceptors (Lipinski definition) is 3. The monoisotopic (exact) mass is 273 g/mol. The third kappa shape index (κ3) is 4.93. The largest absolute Gasteiger partial charge is 0.497 e. The molecule has 0 saturated carbocycles. The van der Waals surface area contributed by atoms with Gasteiger partial charge >= 0.3 is 6.61 Å². The fraction of sp³-hybridized carbons (Fsp3) is 0.571. The van der Waals surface area contributed by atoms with Gasteiger partial charge < -0.3 is 14.8 Å². The fourth-order valence-corrected chi connectivity index (χ4v) is 1.80. The third-order valence-corrected chi connectivity index (χ3v) is 3.14. The van der Waals surface area contributed by atoms with Crippen LogP contribution in [0.25, 0.3) is 0 Å². The molecule has 0 unspecified atom stereocenters. The highest BCUT2D eigenvalue weighted by Gasteiger charge is 2.12. The summed E-state index contributed by atoms with van der Waals surface area (Å²) < 4.78 is 34.3. The zero-order valence-corrected chi connectivity index (χ0v) is 11.6. The van der Waals surface area contributed by atoms with Crippen LogP contribution in [0.1, 0.15) is 26.7 Å². The van der Waals surface area contributed by atoms with Gasteiger partial charge in [0.25, 0.3) is 0 Å². The number of methoxy groups -OCH3 is 1. The second-order valence-electron chi connectivity index (χ2n) is 4.30. The predicted octanol–water partition coefficient (Wildman–Crippen LogP) is 4.14. The molecule has 1 N–H and O–H groups in total. The maximum absolute atomic E-state index is 12.3. The van der Waals surface area contributed by atoms with Crippen LogP contribution in [0.2, 0.25) is 0 Å². The van der Waals surface area contributed by atoms with E-state index >= 15 is 0 Å². The maximum Gasteiger partial charge on any atom is 0.387 e. The lowest BCUT2D eigenvalue weighted by atomic mass is 10.0. The van der Waals surface area contributed by atoms with Crippen LogP contribution in [0.3, 0.4) is 0 Å². The Hall–Kier alpha value is -1.52. The van der Waals surface area contributed by atoms with Gasteiger partial charge in [-0.2, -0.15) is 8.78 Å². The number of alkyl halides is 2. The smallest absolute Gasteiger partial charge is 0.387 e. The van der Waals surface area contributed by atoms with Crippen LogP contribution >= 0.6 is 0 Å². The highest BCUT2D eigenvalue weighted by Crippen LogP contribution is 2.30. The molecular weight excluding hydrogens is 252 g/mol. The van der Waals surface area contributed by atoms with E-state index in [4.69, 9.17) is 4.74 Å². The average molecular weight is 273 g/mol. The van der Waals surface area contributed by atoms with Gasteiger partial charge in [0, 0.05) is 12.6 Å². The summed E-state index contributed by atoms with van der Waals surface area (Å²) in [5.74, 6) is 1.25. The minimum atomic E-state index is -2.83. The number of rotatable bonds is 8. The molecule has 0 aliphatic carbocycles. The number of hydrogen-bond donors (Lipinski definition) is 1. The number of benzene rings is 1. The van der Waals surface area contributed by atoms with Gasteiger partial charge in [0.1, 0.15) is 11.5 Å². The van der Waals surface area contributed by atoms with E-state index in [0.717, 1.165) is 19.4 Å². The molecule has 19 heavy (non-hydrogen) atoms. The van der Waals surface area contributed by atoms with E-state index in [-0.39, 0.29) is 5.75 Å². The highest BCUT2D eigenvalue weighted by atomic mass is 19.3. The van der Waals surface area contributed by atoms with Crippen molar-refractivity contribution in [3.05, 3.63) is 18.2 Å². The van der Waals surface area contributed by atoms with E-state index < -0.39 is 6.61 Å². The third-order valence-electron chi connectivity index (χ3n) is 3.14. The van der Waals surface area contributed by atoms with Crippen LogP contribution < -0.4 is 14.8 Å². The molecule has 0 aliphatic rings. The first-order valence-corrected chi connectivity index (χ1v) is 6.47. The van der Waals surface area contributed by atoms with E-state index in [2.05, 4.69) is 23.9 Å². The molecular formula is C14H21F2NO2. The lowest BCUT2D eigenvalue weighted by Crippen LogP contribution is -2.14. The second-order valence-corrected chi connectivity index (χ2v) is 4.30. The van der Waals surface area contributed by atoms with Crippen LogP contribution in [0.5, 0.6) is 11.5 Å². The van der Waals surface area contributed by atoms with Gasteiger partial charge in [-0.15, -0.1) is 0 Å². The zero-order valence-electron chi connectivity index (χ0n) is 11.6. The Morgan fingerprint density at radius 1 is 1.21 bits per heavy atom. The lowest BCUT2D eigenvalue weighted by Gasteiger charge is -2.17. The van der Waals surface area contributed by atoms with E-state index in [1.54, 1.807) is 12.1 Å². The van der Waals surface area contributed by atoms with E-state index in [1.165, 1.54) is 13.2 Å². The minimum absolute atomic E-state index is 0.141. The Morgan fingerprint density at radius 2 is 1.89 bits per heavy atom. The van der Waals surface area contributed by atoms with Crippen molar-refractivity contribution in [3.63, 3.8) is 0 Å². The summed E-state index contributed by atoms with van der Waals surface area (Å²) in [5, 5.41) is 3.16. The van der Waals surface area contributed by atoms with Crippen LogP contribution in [0, 0.1) is 5.92 Å². The van der Waals surface area contributed by atoms with Gasteiger partial charge in [0.05, 0.1) is 12.8 Å². The van der Waals surface area contributed by atoms with Gasteiger partial charge in [0.2, 0.25) is 0 Å². The molecule has 1 aromatic carbocycles. The van der Waals surface area contributed by atoms with E-state index in [1.807, 2.05) is 0 Å². The maximum atomic E-state index is 12.3. The molecule has 0 heterocycles. The van der Waals surface area contributed by atoms with Crippen molar-refractivity contribution in [3.8, 4) is 11.5 Å². The standard InChI is InChI=1S/C14H21F2NO2/c1-4-10(5-2)9-17-12-8-11(18-3)6-7-13(12)19-14(15)16/h6-8,10,14,17H,4-5,9H2,1-3H3. The first-order valence-electron chi connectivity index (χ1n) is 6.47. The molecule has 0 aromatic heterocycles. The molecule has 0 atom stereocenters. The van der Waals surface area contributed by atoms with Crippen LogP contribution in [-0.2, 0) is 0 Å². The summed E-state index contributed by atoms with van der Waals surface area (Å²) in [6.07, 6.45) is 2.08. The summed E-state index contributed by atoms with van der Waals surface area (Å²) in [4.78, 5) is 0. The van der Waals surface area contributed by atoms with Crippen molar-refractivity contribution in [2.75, 3.05) is 19.0 Å². The Balaban J connectivity index is 2.81. The molecule has 0 fully saturated rings. The molecule has 3 nitrogen and oxygen atoms in total. The van der Waals surface area contributed by atoms with Crippen LogP contribution in [0.4, 0.5) is 14.5 Å². The molecule has 5 heteroatoms. The van der Waals surface area contributed by atoms with Crippen molar-refractivity contribution in [2.45, 2.75) is 33.3 Å². The fourth-order valence-electron chi connectivity index (χ4n) is 1.80. The van der Waals surface area contributed by atoms with Crippen LogP contribution in [-0.4, -0.2) is 20.3 Å². The molecule has 0 spiro atoms. The zero-order chi connectivity index (χ0) is 14.3. The molecule has 108 valence electrons. The summed E-state index contributed by atoms with van der Waals surface area (Å²) in [6, 6.07) is 4.75. The molecule has 0 saturated heterocycles. The lowest BCUT2D eigenvalue weighted by molar-refractivity contribution is -0.0494. The van der Waals surface area contributed by atoms with Crippen molar-refractivity contribution >= 4 is 5.69 Å². The molecule has 0 amide bonds. The number of halogens is 2. The van der Waals surface area contributed by atoms with Crippen molar-refractivity contribution < 1.29 is 18.3 Å². The van der Waals surface area contributed by atoms with Crippen molar-refractivity contribution in [1.82, 2.24) is 0 Å². The Labute approximate surface area is 112 Å². The normalized spacial score (nSPS) is 10.9. The van der Waals surface area contributed by atoms with Crippen LogP contribution in [0.15, 0.2) is 18.2 Å². The highest BCUT2D eigenvalue weighted by molar-refractivity contribution is 5.59. The van der Waals surface area contributed by atoms with E-state index in [9.17, 15) is 8.78 Å². The van der Waals surface area contributed by atoms with E-state index in [0.29, 0.717) is 17.4 Å². The van der Waals surface area contributed by atoms with Gasteiger partial charge in [-0.1, -0.05) is 26.7 Å². The quantitative estimate of drug-likeness (QED) is 0.772. The molecule has 1 rings (SSSR count). The SMILES string of the molecule is CCC(CC)CNc1cc(OC)ccc1OC(F)F. The van der Waals surface area contributed by atoms with Gasteiger partial charge in [-0.25, -0.2) is 0 Å². The summed E-state index contributed by atoms with van der Waals surface area (Å²) in [6.45, 7) is 2.11. The Bertz CT molecular complexity index is 382. The minimum Gasteiger partial charge on any atom is -0.497 e. The van der Waals surface area contributed by atoms with Gasteiger partial charge in [-0.3, -0.25) is 0 Å². The summed E-state index contributed by atoms with van der Waals surface area (Å²) in [5.41, 5.74) is 0.534. The molecule has 0 aliphatic heterocycles. The first-order chi connectivity index (χ1) is 9.10. The number of nitrogens with one attached hydrogen (secondary N) is 1. The van der Waals surface area contributed by atoms with Gasteiger partial charge in [0.15, 0.2) is 0 Å². The summed E-state index contributed by atoms with van der Waals surface area (Å²) >= 11 is 0. The number of ether oxygens (including phenoxy) is 2. The molecule has 0 bridgehead atoms. The Morgan fingerprint density at radius 3 is 2.42 bits per heavy atom.